The third-order valence-corrected chi connectivity index (χ3v) is 5.24. The van der Waals surface area contributed by atoms with Crippen LogP contribution in [0.5, 0.6) is 23.0 Å². The first-order valence-electron chi connectivity index (χ1n) is 9.54. The molecule has 10 nitrogen and oxygen atoms in total. The van der Waals surface area contributed by atoms with E-state index >= 15 is 0 Å². The lowest BCUT2D eigenvalue weighted by molar-refractivity contribution is -0.432. The lowest BCUT2D eigenvalue weighted by Gasteiger charge is -2.26. The van der Waals surface area contributed by atoms with E-state index in [1.165, 1.54) is 28.4 Å². The molecule has 4 rings (SSSR count). The van der Waals surface area contributed by atoms with Crippen LogP contribution in [-0.4, -0.2) is 33.3 Å². The highest BCUT2D eigenvalue weighted by Crippen LogP contribution is 2.48. The van der Waals surface area contributed by atoms with Gasteiger partial charge in [-0.1, -0.05) is 12.1 Å². The van der Waals surface area contributed by atoms with Crippen molar-refractivity contribution in [3.63, 3.8) is 0 Å². The molecule has 166 valence electrons. The molecule has 1 aliphatic rings. The second-order valence-electron chi connectivity index (χ2n) is 6.84. The van der Waals surface area contributed by atoms with E-state index in [4.69, 9.17) is 23.4 Å². The Hall–Kier alpha value is -4.21. The topological polar surface area (TPSA) is 122 Å². The number of nitrogens with zero attached hydrogens (tertiary/aromatic N) is 1. The van der Waals surface area contributed by atoms with Gasteiger partial charge in [0.05, 0.1) is 37.2 Å². The van der Waals surface area contributed by atoms with E-state index in [2.05, 4.69) is 5.32 Å². The minimum Gasteiger partial charge on any atom is -0.493 e. The van der Waals surface area contributed by atoms with Gasteiger partial charge in [0.2, 0.25) is 5.75 Å². The van der Waals surface area contributed by atoms with Crippen LogP contribution < -0.4 is 29.9 Å². The van der Waals surface area contributed by atoms with E-state index in [9.17, 15) is 14.9 Å². The number of benzene rings is 2. The molecule has 0 aliphatic carbocycles. The third kappa shape index (κ3) is 3.16. The van der Waals surface area contributed by atoms with Crippen LogP contribution in [0.1, 0.15) is 17.0 Å². The number of fused-ring (bicyclic) bond motifs is 3. The van der Waals surface area contributed by atoms with Gasteiger partial charge in [0.15, 0.2) is 17.2 Å². The third-order valence-electron chi connectivity index (χ3n) is 5.24. The summed E-state index contributed by atoms with van der Waals surface area (Å²) in [6, 6.07) is 9.94. The highest BCUT2D eigenvalue weighted by Gasteiger charge is 2.43. The number of nitro groups is 1. The molecule has 0 saturated carbocycles. The van der Waals surface area contributed by atoms with E-state index in [0.717, 1.165) is 0 Å². The van der Waals surface area contributed by atoms with Crippen molar-refractivity contribution < 1.29 is 28.3 Å². The Morgan fingerprint density at radius 3 is 2.28 bits per heavy atom. The molecule has 3 aromatic rings. The van der Waals surface area contributed by atoms with Crippen molar-refractivity contribution in [1.29, 1.82) is 0 Å². The summed E-state index contributed by atoms with van der Waals surface area (Å²) < 4.78 is 27.5. The maximum Gasteiger partial charge on any atom is 0.344 e. The van der Waals surface area contributed by atoms with Crippen LogP contribution >= 0.6 is 0 Å². The predicted molar refractivity (Wildman–Crippen MR) is 114 cm³/mol. The summed E-state index contributed by atoms with van der Waals surface area (Å²) in [6.45, 7) is 0. The monoisotopic (exact) mass is 440 g/mol. The molecule has 0 bridgehead atoms. The zero-order valence-electron chi connectivity index (χ0n) is 17.8. The SMILES string of the molecule is CNC1=C([N+](=O)[O-])C(c2cc(OC)c(OC)c(OC)c2)c2c(c3ccccc3oc2=O)O1. The van der Waals surface area contributed by atoms with Crippen LogP contribution in [0.3, 0.4) is 0 Å². The van der Waals surface area contributed by atoms with Crippen LogP contribution in [0.15, 0.2) is 57.2 Å². The first-order valence-corrected chi connectivity index (χ1v) is 9.54. The van der Waals surface area contributed by atoms with Crippen LogP contribution in [0.25, 0.3) is 11.0 Å². The Morgan fingerprint density at radius 2 is 1.72 bits per heavy atom. The molecule has 1 atom stereocenters. The Bertz CT molecular complexity index is 1290. The van der Waals surface area contributed by atoms with Crippen molar-refractivity contribution in [3.05, 3.63) is 79.6 Å². The lowest BCUT2D eigenvalue weighted by Crippen LogP contribution is -2.31. The summed E-state index contributed by atoms with van der Waals surface area (Å²) in [5, 5.41) is 15.4. The number of para-hydroxylation sites is 1. The van der Waals surface area contributed by atoms with Crippen molar-refractivity contribution in [2.75, 3.05) is 28.4 Å². The molecule has 0 amide bonds. The number of methoxy groups -OCH3 is 3. The predicted octanol–water partition coefficient (Wildman–Crippen LogP) is 3.01. The van der Waals surface area contributed by atoms with Gasteiger partial charge in [-0.2, -0.15) is 0 Å². The normalized spacial score (nSPS) is 15.1. The van der Waals surface area contributed by atoms with E-state index in [0.29, 0.717) is 22.3 Å². The molecule has 2 aromatic carbocycles. The van der Waals surface area contributed by atoms with Crippen LogP contribution in [-0.2, 0) is 0 Å². The van der Waals surface area contributed by atoms with Gasteiger partial charge in [0.1, 0.15) is 11.5 Å². The summed E-state index contributed by atoms with van der Waals surface area (Å²) >= 11 is 0. The van der Waals surface area contributed by atoms with Gasteiger partial charge >= 0.3 is 11.3 Å². The summed E-state index contributed by atoms with van der Waals surface area (Å²) in [5.74, 6) is -0.145. The Balaban J connectivity index is 2.11. The number of hydrogen-bond acceptors (Lipinski definition) is 9. The summed E-state index contributed by atoms with van der Waals surface area (Å²) in [7, 11) is 5.82. The average Bonchev–Trinajstić information content (AvgIpc) is 2.81. The van der Waals surface area contributed by atoms with E-state index in [1.807, 2.05) is 0 Å². The molecule has 0 radical (unpaired) electrons. The zero-order chi connectivity index (χ0) is 23.0. The smallest absolute Gasteiger partial charge is 0.344 e. The molecular formula is C22H20N2O8. The van der Waals surface area contributed by atoms with Crippen molar-refractivity contribution in [2.45, 2.75) is 5.92 Å². The van der Waals surface area contributed by atoms with Crippen molar-refractivity contribution in [1.82, 2.24) is 5.32 Å². The Kier molecular flexibility index (Phi) is 5.35. The second kappa shape index (κ2) is 8.14. The minimum absolute atomic E-state index is 0.00340. The molecule has 0 spiro atoms. The van der Waals surface area contributed by atoms with Crippen LogP contribution in [0, 0.1) is 10.1 Å². The highest BCUT2D eigenvalue weighted by atomic mass is 16.6. The molecule has 2 heterocycles. The number of nitrogens with one attached hydrogen (secondary N) is 1. The maximum atomic E-state index is 13.1. The van der Waals surface area contributed by atoms with Crippen LogP contribution in [0.4, 0.5) is 0 Å². The fourth-order valence-corrected chi connectivity index (χ4v) is 3.88. The first kappa shape index (κ1) is 21.0. The lowest BCUT2D eigenvalue weighted by atomic mass is 9.86. The fourth-order valence-electron chi connectivity index (χ4n) is 3.88. The molecule has 1 unspecified atom stereocenters. The van der Waals surface area contributed by atoms with Crippen molar-refractivity contribution in [3.8, 4) is 23.0 Å². The molecule has 10 heteroatoms. The number of rotatable bonds is 6. The zero-order valence-corrected chi connectivity index (χ0v) is 17.8. The largest absolute Gasteiger partial charge is 0.493 e. The first-order chi connectivity index (χ1) is 15.4. The van der Waals surface area contributed by atoms with E-state index in [1.54, 1.807) is 36.4 Å². The molecule has 0 fully saturated rings. The van der Waals surface area contributed by atoms with Crippen molar-refractivity contribution >= 4 is 11.0 Å². The second-order valence-corrected chi connectivity index (χ2v) is 6.84. The van der Waals surface area contributed by atoms with Gasteiger partial charge in [-0.05, 0) is 29.8 Å². The summed E-state index contributed by atoms with van der Waals surface area (Å²) in [5.41, 5.74) is -0.418. The summed E-state index contributed by atoms with van der Waals surface area (Å²) in [4.78, 5) is 24.6. The molecule has 1 aliphatic heterocycles. The van der Waals surface area contributed by atoms with Crippen molar-refractivity contribution in [2.24, 2.45) is 0 Å². The van der Waals surface area contributed by atoms with Gasteiger partial charge in [-0.25, -0.2) is 4.79 Å². The molecular weight excluding hydrogens is 420 g/mol. The average molecular weight is 440 g/mol. The van der Waals surface area contributed by atoms with E-state index < -0.39 is 16.5 Å². The Morgan fingerprint density at radius 1 is 1.06 bits per heavy atom. The molecule has 1 N–H and O–H groups in total. The summed E-state index contributed by atoms with van der Waals surface area (Å²) in [6.07, 6.45) is 0. The minimum atomic E-state index is -1.13. The number of hydrogen-bond donors (Lipinski definition) is 1. The van der Waals surface area contributed by atoms with Gasteiger partial charge in [-0.3, -0.25) is 10.1 Å². The standard InChI is InChI=1S/C22H20N2O8/c1-23-21-18(24(26)27)16(11-9-14(28-2)20(30-4)15(10-11)29-3)17-19(32-21)12-7-5-6-8-13(12)31-22(17)25/h5-10,16,23H,1-4H3. The highest BCUT2D eigenvalue weighted by molar-refractivity contribution is 5.85. The van der Waals surface area contributed by atoms with E-state index in [-0.39, 0.29) is 34.4 Å². The Labute approximate surface area is 182 Å². The molecule has 0 saturated heterocycles. The fraction of sp³-hybridized carbons (Fsp3) is 0.227. The van der Waals surface area contributed by atoms with Crippen LogP contribution in [0.2, 0.25) is 0 Å². The maximum absolute atomic E-state index is 13.1. The number of allylic oxidation sites excluding steroid dienone is 1. The van der Waals surface area contributed by atoms with Gasteiger partial charge in [0.25, 0.3) is 5.88 Å². The quantitative estimate of drug-likeness (QED) is 0.350. The van der Waals surface area contributed by atoms with Gasteiger partial charge in [-0.15, -0.1) is 0 Å². The van der Waals surface area contributed by atoms with Gasteiger partial charge < -0.3 is 28.7 Å². The molecule has 32 heavy (non-hydrogen) atoms. The van der Waals surface area contributed by atoms with Gasteiger partial charge in [0, 0.05) is 7.05 Å². The number of ether oxygens (including phenoxy) is 4. The molecule has 1 aromatic heterocycles.